The van der Waals surface area contributed by atoms with Gasteiger partial charge in [-0.1, -0.05) is 0 Å². The molecular weight excluding hydrogens is 407 g/mol. The molecule has 0 saturated carbocycles. The molecule has 4 rings (SSSR count). The molecule has 0 aliphatic carbocycles. The van der Waals surface area contributed by atoms with Crippen LogP contribution in [0.2, 0.25) is 0 Å². The van der Waals surface area contributed by atoms with Gasteiger partial charge in [0.05, 0.1) is 26.5 Å². The molecular formula is C18H14F2N3O3PS. The quantitative estimate of drug-likeness (QED) is 0.454. The number of thiazole rings is 1. The van der Waals surface area contributed by atoms with Crippen molar-refractivity contribution in [3.05, 3.63) is 48.1 Å². The number of anilines is 2. The summed E-state index contributed by atoms with van der Waals surface area (Å²) in [6.45, 7) is -2.04. The topological polar surface area (TPSA) is 84.3 Å². The maximum absolute atomic E-state index is 12.7. The van der Waals surface area contributed by atoms with Gasteiger partial charge < -0.3 is 14.9 Å². The van der Waals surface area contributed by atoms with Gasteiger partial charge in [0.2, 0.25) is 7.37 Å². The minimum Gasteiger partial charge on any atom is -0.434 e. The van der Waals surface area contributed by atoms with E-state index in [0.29, 0.717) is 16.6 Å². The van der Waals surface area contributed by atoms with E-state index in [1.807, 2.05) is 18.2 Å². The maximum atomic E-state index is 12.7. The van der Waals surface area contributed by atoms with Gasteiger partial charge in [0.25, 0.3) is 0 Å². The normalized spacial score (nSPS) is 13.8. The lowest BCUT2D eigenvalue weighted by Crippen LogP contribution is -2.13. The zero-order valence-electron chi connectivity index (χ0n) is 14.5. The number of pyridine rings is 1. The van der Waals surface area contributed by atoms with Crippen LogP contribution >= 0.6 is 18.7 Å². The highest BCUT2D eigenvalue weighted by Crippen LogP contribution is 2.41. The van der Waals surface area contributed by atoms with Crippen molar-refractivity contribution < 1.29 is 23.0 Å². The number of alkyl halides is 2. The average Bonchev–Trinajstić information content (AvgIpc) is 3.07. The molecule has 0 aliphatic rings. The highest BCUT2D eigenvalue weighted by Gasteiger charge is 2.23. The summed E-state index contributed by atoms with van der Waals surface area (Å²) in [7, 11) is -3.87. The highest BCUT2D eigenvalue weighted by atomic mass is 32.1. The van der Waals surface area contributed by atoms with Crippen LogP contribution in [-0.2, 0) is 4.57 Å². The first-order valence-corrected chi connectivity index (χ1v) is 11.1. The molecule has 2 aromatic heterocycles. The van der Waals surface area contributed by atoms with Gasteiger partial charge in [0, 0.05) is 35.7 Å². The summed E-state index contributed by atoms with van der Waals surface area (Å²) in [6, 6.07) is 10.0. The summed E-state index contributed by atoms with van der Waals surface area (Å²) in [5, 5.41) is 3.55. The molecule has 4 aromatic rings. The molecule has 2 heterocycles. The number of hydrogen-bond acceptors (Lipinski definition) is 6. The summed E-state index contributed by atoms with van der Waals surface area (Å²) in [5.74, 6) is -0.357. The number of ether oxygens (including phenoxy) is 1. The number of nitrogens with one attached hydrogen (secondary N) is 1. The molecule has 0 amide bonds. The van der Waals surface area contributed by atoms with E-state index in [0.717, 1.165) is 22.6 Å². The van der Waals surface area contributed by atoms with E-state index in [1.165, 1.54) is 29.7 Å². The van der Waals surface area contributed by atoms with Crippen molar-refractivity contribution in [1.82, 2.24) is 9.97 Å². The van der Waals surface area contributed by atoms with E-state index >= 15 is 0 Å². The summed E-state index contributed by atoms with van der Waals surface area (Å²) >= 11 is 1.53. The first-order chi connectivity index (χ1) is 13.3. The predicted octanol–water partition coefficient (Wildman–Crippen LogP) is 4.72. The monoisotopic (exact) mass is 421 g/mol. The first-order valence-electron chi connectivity index (χ1n) is 8.10. The summed E-state index contributed by atoms with van der Waals surface area (Å²) in [4.78, 5) is 18.4. The van der Waals surface area contributed by atoms with Crippen molar-refractivity contribution in [2.45, 2.75) is 6.61 Å². The maximum Gasteiger partial charge on any atom is 0.387 e. The van der Waals surface area contributed by atoms with E-state index < -0.39 is 14.0 Å². The van der Waals surface area contributed by atoms with Gasteiger partial charge in [-0.15, -0.1) is 11.3 Å². The third-order valence-electron chi connectivity index (χ3n) is 4.09. The van der Waals surface area contributed by atoms with E-state index in [4.69, 9.17) is 0 Å². The fraction of sp³-hybridized carbons (Fsp3) is 0.111. The minimum atomic E-state index is -3.87. The first kappa shape index (κ1) is 18.7. The van der Waals surface area contributed by atoms with Crippen molar-refractivity contribution in [1.29, 1.82) is 0 Å². The molecule has 0 saturated heterocycles. The largest absolute Gasteiger partial charge is 0.434 e. The van der Waals surface area contributed by atoms with Gasteiger partial charge in [0.15, 0.2) is 0 Å². The van der Waals surface area contributed by atoms with Crippen molar-refractivity contribution in [2.75, 3.05) is 12.0 Å². The number of fused-ring (bicyclic) bond motifs is 2. The standard InChI is InChI=1S/C18H14F2N3O3PS/c1-27(24,25)16-7-11-12(4-5-21-13(11)8-15(16)26-18(19)20)23-10-2-3-17-14(6-10)22-9-28-17/h2-9,18H,1H3,(H,21,23)(H,24,25). The van der Waals surface area contributed by atoms with Gasteiger partial charge >= 0.3 is 6.61 Å². The van der Waals surface area contributed by atoms with Crippen molar-refractivity contribution in [3.63, 3.8) is 0 Å². The molecule has 0 radical (unpaired) electrons. The molecule has 2 N–H and O–H groups in total. The molecule has 10 heteroatoms. The smallest absolute Gasteiger partial charge is 0.387 e. The number of rotatable bonds is 5. The van der Waals surface area contributed by atoms with Crippen LogP contribution in [-0.4, -0.2) is 28.1 Å². The SMILES string of the molecule is CP(=O)(O)c1cc2c(Nc3ccc4scnc4c3)ccnc2cc1OC(F)F. The van der Waals surface area contributed by atoms with E-state index in [2.05, 4.69) is 20.0 Å². The van der Waals surface area contributed by atoms with E-state index in [9.17, 15) is 18.2 Å². The van der Waals surface area contributed by atoms with Gasteiger partial charge in [-0.2, -0.15) is 8.78 Å². The number of benzene rings is 2. The van der Waals surface area contributed by atoms with Crippen LogP contribution in [0.3, 0.4) is 0 Å². The molecule has 6 nitrogen and oxygen atoms in total. The number of nitrogens with zero attached hydrogens (tertiary/aromatic N) is 2. The molecule has 0 spiro atoms. The third kappa shape index (κ3) is 3.69. The number of aromatic nitrogens is 2. The summed E-state index contributed by atoms with van der Waals surface area (Å²) in [6.07, 6.45) is 1.52. The lowest BCUT2D eigenvalue weighted by Gasteiger charge is -2.16. The zero-order chi connectivity index (χ0) is 19.9. The van der Waals surface area contributed by atoms with Crippen LogP contribution in [0.4, 0.5) is 20.2 Å². The fourth-order valence-corrected chi connectivity index (χ4v) is 4.43. The van der Waals surface area contributed by atoms with Crippen molar-refractivity contribution in [2.24, 2.45) is 0 Å². The van der Waals surface area contributed by atoms with Crippen LogP contribution < -0.4 is 15.4 Å². The molecule has 2 aromatic carbocycles. The second-order valence-corrected chi connectivity index (χ2v) is 9.24. The Kier molecular flexibility index (Phi) is 4.74. The molecule has 0 fully saturated rings. The fourth-order valence-electron chi connectivity index (χ4n) is 2.88. The lowest BCUT2D eigenvalue weighted by atomic mass is 10.1. The van der Waals surface area contributed by atoms with Crippen LogP contribution in [0.15, 0.2) is 48.1 Å². The molecule has 1 unspecified atom stereocenters. The Labute approximate surface area is 162 Å². The number of hydrogen-bond donors (Lipinski definition) is 2. The zero-order valence-corrected chi connectivity index (χ0v) is 16.2. The van der Waals surface area contributed by atoms with Crippen molar-refractivity contribution in [3.8, 4) is 5.75 Å². The molecule has 0 bridgehead atoms. The summed E-state index contributed by atoms with van der Waals surface area (Å²) in [5.41, 5.74) is 4.33. The predicted molar refractivity (Wildman–Crippen MR) is 107 cm³/mol. The molecule has 1 atom stereocenters. The highest BCUT2D eigenvalue weighted by molar-refractivity contribution is 7.65. The van der Waals surface area contributed by atoms with Gasteiger partial charge in [-0.3, -0.25) is 9.55 Å². The summed E-state index contributed by atoms with van der Waals surface area (Å²) < 4.78 is 43.2. The molecule has 0 aliphatic heterocycles. The van der Waals surface area contributed by atoms with Gasteiger partial charge in [-0.25, -0.2) is 4.98 Å². The van der Waals surface area contributed by atoms with E-state index in [1.54, 1.807) is 11.6 Å². The molecule has 28 heavy (non-hydrogen) atoms. The Balaban J connectivity index is 1.83. The van der Waals surface area contributed by atoms with Crippen LogP contribution in [0, 0.1) is 0 Å². The van der Waals surface area contributed by atoms with E-state index in [-0.39, 0.29) is 11.1 Å². The Hall–Kier alpha value is -2.61. The Morgan fingerprint density at radius 3 is 2.75 bits per heavy atom. The minimum absolute atomic E-state index is 0.189. The van der Waals surface area contributed by atoms with Crippen LogP contribution in [0.1, 0.15) is 0 Å². The van der Waals surface area contributed by atoms with Crippen LogP contribution in [0.5, 0.6) is 5.75 Å². The number of halogens is 2. The van der Waals surface area contributed by atoms with Gasteiger partial charge in [0.1, 0.15) is 5.75 Å². The lowest BCUT2D eigenvalue weighted by molar-refractivity contribution is -0.0490. The Morgan fingerprint density at radius 2 is 2.00 bits per heavy atom. The Bertz CT molecular complexity index is 1230. The second-order valence-electron chi connectivity index (χ2n) is 6.11. The third-order valence-corrected chi connectivity index (χ3v) is 6.15. The average molecular weight is 421 g/mol. The van der Waals surface area contributed by atoms with Crippen LogP contribution in [0.25, 0.3) is 21.1 Å². The second kappa shape index (κ2) is 7.09. The Morgan fingerprint density at radius 1 is 1.18 bits per heavy atom. The van der Waals surface area contributed by atoms with Crippen molar-refractivity contribution >= 4 is 56.5 Å². The molecule has 144 valence electrons. The van der Waals surface area contributed by atoms with Gasteiger partial charge in [-0.05, 0) is 30.3 Å².